The van der Waals surface area contributed by atoms with Crippen molar-refractivity contribution in [1.82, 2.24) is 19.7 Å². The first kappa shape index (κ1) is 24.5. The molecule has 3 aromatic carbocycles. The molecule has 3 heterocycles. The number of nitrogens with one attached hydrogen (secondary N) is 1. The van der Waals surface area contributed by atoms with Crippen LogP contribution in [-0.4, -0.2) is 39.6 Å². The van der Waals surface area contributed by atoms with Gasteiger partial charge in [0, 0.05) is 46.7 Å². The SMILES string of the molecule is COc1ccc(-n2c(SCc3ccc(C(=O)Nc4ccc5c(c4)OCO5)cc3)nnc2-c2ccncc2)cc1. The van der Waals surface area contributed by atoms with Gasteiger partial charge in [0.2, 0.25) is 6.79 Å². The Morgan fingerprint density at radius 1 is 0.949 bits per heavy atom. The predicted molar refractivity (Wildman–Crippen MR) is 148 cm³/mol. The molecule has 2 aromatic heterocycles. The first-order chi connectivity index (χ1) is 19.2. The largest absolute Gasteiger partial charge is 0.497 e. The van der Waals surface area contributed by atoms with Crippen molar-refractivity contribution in [3.63, 3.8) is 0 Å². The van der Waals surface area contributed by atoms with Crippen LogP contribution in [0.1, 0.15) is 15.9 Å². The lowest BCUT2D eigenvalue weighted by Gasteiger charge is -2.11. The van der Waals surface area contributed by atoms with E-state index in [2.05, 4.69) is 20.5 Å². The van der Waals surface area contributed by atoms with Gasteiger partial charge in [-0.3, -0.25) is 14.3 Å². The minimum atomic E-state index is -0.200. The summed E-state index contributed by atoms with van der Waals surface area (Å²) in [5, 5.41) is 12.6. The minimum Gasteiger partial charge on any atom is -0.497 e. The van der Waals surface area contributed by atoms with E-state index >= 15 is 0 Å². The molecule has 0 fully saturated rings. The summed E-state index contributed by atoms with van der Waals surface area (Å²) < 4.78 is 18.0. The Morgan fingerprint density at radius 3 is 2.49 bits per heavy atom. The Morgan fingerprint density at radius 2 is 1.72 bits per heavy atom. The van der Waals surface area contributed by atoms with Gasteiger partial charge in [-0.05, 0) is 66.2 Å². The van der Waals surface area contributed by atoms with Crippen LogP contribution in [0.25, 0.3) is 17.1 Å². The summed E-state index contributed by atoms with van der Waals surface area (Å²) in [6.45, 7) is 0.188. The van der Waals surface area contributed by atoms with Crippen LogP contribution >= 0.6 is 11.8 Å². The molecule has 6 rings (SSSR count). The summed E-state index contributed by atoms with van der Waals surface area (Å²) in [4.78, 5) is 16.9. The molecule has 194 valence electrons. The van der Waals surface area contributed by atoms with Crippen LogP contribution in [0.5, 0.6) is 17.2 Å². The first-order valence-corrected chi connectivity index (χ1v) is 13.1. The minimum absolute atomic E-state index is 0.188. The standard InChI is InChI=1S/C29H23N5O4S/c1-36-24-9-7-23(8-10-24)34-27(20-12-14-30-15-13-20)32-33-29(34)39-17-19-2-4-21(5-3-19)28(35)31-22-6-11-25-26(16-22)38-18-37-25/h2-16H,17-18H2,1H3,(H,31,35). The van der Waals surface area contributed by atoms with Gasteiger partial charge in [-0.1, -0.05) is 23.9 Å². The third-order valence-corrected chi connectivity index (χ3v) is 7.12. The predicted octanol–water partition coefficient (Wildman–Crippen LogP) is 5.61. The van der Waals surface area contributed by atoms with Gasteiger partial charge in [0.25, 0.3) is 5.91 Å². The van der Waals surface area contributed by atoms with E-state index in [-0.39, 0.29) is 12.7 Å². The molecule has 0 bridgehead atoms. The molecule has 39 heavy (non-hydrogen) atoms. The molecule has 1 N–H and O–H groups in total. The smallest absolute Gasteiger partial charge is 0.255 e. The molecule has 0 saturated carbocycles. The molecule has 5 aromatic rings. The number of rotatable bonds is 8. The summed E-state index contributed by atoms with van der Waals surface area (Å²) in [5.74, 6) is 3.23. The first-order valence-electron chi connectivity index (χ1n) is 12.1. The molecular weight excluding hydrogens is 514 g/mol. The second kappa shape index (κ2) is 10.9. The Bertz CT molecular complexity index is 1610. The lowest BCUT2D eigenvalue weighted by Crippen LogP contribution is -2.11. The van der Waals surface area contributed by atoms with Crippen LogP contribution in [0.4, 0.5) is 5.69 Å². The van der Waals surface area contributed by atoms with Gasteiger partial charge in [-0.15, -0.1) is 10.2 Å². The monoisotopic (exact) mass is 537 g/mol. The van der Waals surface area contributed by atoms with Crippen LogP contribution in [0.15, 0.2) is 96.4 Å². The van der Waals surface area contributed by atoms with Crippen LogP contribution in [-0.2, 0) is 5.75 Å². The van der Waals surface area contributed by atoms with Gasteiger partial charge in [0.1, 0.15) is 5.75 Å². The van der Waals surface area contributed by atoms with Crippen LogP contribution in [0.3, 0.4) is 0 Å². The average molecular weight is 538 g/mol. The van der Waals surface area contributed by atoms with E-state index < -0.39 is 0 Å². The summed E-state index contributed by atoms with van der Waals surface area (Å²) in [7, 11) is 1.64. The van der Waals surface area contributed by atoms with E-state index in [0.717, 1.165) is 33.5 Å². The molecule has 0 radical (unpaired) electrons. The molecule has 1 aliphatic rings. The summed E-state index contributed by atoms with van der Waals surface area (Å²) in [5.41, 5.74) is 4.09. The van der Waals surface area contributed by atoms with Crippen molar-refractivity contribution in [3.05, 3.63) is 102 Å². The highest BCUT2D eigenvalue weighted by Gasteiger charge is 2.17. The summed E-state index contributed by atoms with van der Waals surface area (Å²) in [6.07, 6.45) is 3.47. The maximum atomic E-state index is 12.8. The number of aromatic nitrogens is 4. The third-order valence-electron chi connectivity index (χ3n) is 6.12. The zero-order valence-corrected chi connectivity index (χ0v) is 21.7. The second-order valence-electron chi connectivity index (χ2n) is 8.58. The number of hydrogen-bond donors (Lipinski definition) is 1. The number of fused-ring (bicyclic) bond motifs is 1. The highest BCUT2D eigenvalue weighted by Crippen LogP contribution is 2.34. The fourth-order valence-electron chi connectivity index (χ4n) is 4.09. The number of carbonyl (C=O) groups excluding carboxylic acids is 1. The summed E-state index contributed by atoms with van der Waals surface area (Å²) in [6, 6.07) is 24.4. The van der Waals surface area contributed by atoms with Crippen LogP contribution < -0.4 is 19.5 Å². The Balaban J connectivity index is 1.18. The summed E-state index contributed by atoms with van der Waals surface area (Å²) >= 11 is 1.56. The number of carbonyl (C=O) groups is 1. The number of ether oxygens (including phenoxy) is 3. The number of nitrogens with zero attached hydrogens (tertiary/aromatic N) is 4. The molecule has 10 heteroatoms. The number of pyridine rings is 1. The van der Waals surface area contributed by atoms with Crippen molar-refractivity contribution in [3.8, 4) is 34.3 Å². The zero-order valence-electron chi connectivity index (χ0n) is 20.9. The van der Waals surface area contributed by atoms with Crippen molar-refractivity contribution in [2.24, 2.45) is 0 Å². The van der Waals surface area contributed by atoms with Gasteiger partial charge in [0.05, 0.1) is 7.11 Å². The van der Waals surface area contributed by atoms with Gasteiger partial charge in [-0.2, -0.15) is 0 Å². The highest BCUT2D eigenvalue weighted by atomic mass is 32.2. The fourth-order valence-corrected chi connectivity index (χ4v) is 5.00. The molecule has 9 nitrogen and oxygen atoms in total. The Labute approximate surface area is 228 Å². The maximum absolute atomic E-state index is 12.8. The molecule has 1 amide bonds. The van der Waals surface area contributed by atoms with Crippen molar-refractivity contribution in [2.45, 2.75) is 10.9 Å². The van der Waals surface area contributed by atoms with Crippen molar-refractivity contribution < 1.29 is 19.0 Å². The Hall–Kier alpha value is -4.83. The van der Waals surface area contributed by atoms with E-state index in [0.29, 0.717) is 28.5 Å². The van der Waals surface area contributed by atoms with Gasteiger partial charge >= 0.3 is 0 Å². The number of hydrogen-bond acceptors (Lipinski definition) is 8. The number of thioether (sulfide) groups is 1. The molecule has 1 aliphatic heterocycles. The second-order valence-corrected chi connectivity index (χ2v) is 9.53. The van der Waals surface area contributed by atoms with Gasteiger partial charge < -0.3 is 19.5 Å². The molecule has 0 atom stereocenters. The van der Waals surface area contributed by atoms with E-state index in [4.69, 9.17) is 14.2 Å². The molecule has 0 aliphatic carbocycles. The van der Waals surface area contributed by atoms with Crippen LogP contribution in [0.2, 0.25) is 0 Å². The van der Waals surface area contributed by atoms with E-state index in [1.165, 1.54) is 0 Å². The van der Waals surface area contributed by atoms with Crippen molar-refractivity contribution >= 4 is 23.4 Å². The quantitative estimate of drug-likeness (QED) is 0.255. The molecular formula is C29H23N5O4S. The fraction of sp³-hybridized carbons (Fsp3) is 0.103. The lowest BCUT2D eigenvalue weighted by atomic mass is 10.1. The van der Waals surface area contributed by atoms with E-state index in [1.807, 2.05) is 65.2 Å². The van der Waals surface area contributed by atoms with Crippen LogP contribution in [0, 0.1) is 0 Å². The average Bonchev–Trinajstić information content (AvgIpc) is 3.64. The van der Waals surface area contributed by atoms with E-state index in [9.17, 15) is 4.79 Å². The van der Waals surface area contributed by atoms with Gasteiger partial charge in [0.15, 0.2) is 22.5 Å². The Kier molecular flexibility index (Phi) is 6.84. The van der Waals surface area contributed by atoms with Gasteiger partial charge in [-0.25, -0.2) is 0 Å². The molecule has 0 saturated heterocycles. The topological polar surface area (TPSA) is 100 Å². The normalized spacial score (nSPS) is 11.8. The molecule has 0 spiro atoms. The lowest BCUT2D eigenvalue weighted by molar-refractivity contribution is 0.102. The maximum Gasteiger partial charge on any atom is 0.255 e. The third kappa shape index (κ3) is 5.27. The number of amides is 1. The number of methoxy groups -OCH3 is 1. The van der Waals surface area contributed by atoms with Crippen molar-refractivity contribution in [1.29, 1.82) is 0 Å². The highest BCUT2D eigenvalue weighted by molar-refractivity contribution is 7.98. The van der Waals surface area contributed by atoms with E-state index in [1.54, 1.807) is 49.5 Å². The zero-order chi connectivity index (χ0) is 26.6. The number of anilines is 1. The van der Waals surface area contributed by atoms with Crippen molar-refractivity contribution in [2.75, 3.05) is 19.2 Å². The molecule has 0 unspecified atom stereocenters. The number of benzene rings is 3.